The number of rotatable bonds is 4. The lowest BCUT2D eigenvalue weighted by Crippen LogP contribution is -2.48. The Labute approximate surface area is 186 Å². The first-order valence-electron chi connectivity index (χ1n) is 12.2. The van der Waals surface area contributed by atoms with E-state index in [0.717, 1.165) is 45.3 Å². The maximum Gasteiger partial charge on any atom is 0.310 e. The van der Waals surface area contributed by atoms with Gasteiger partial charge in [-0.3, -0.25) is 4.79 Å². The van der Waals surface area contributed by atoms with Gasteiger partial charge in [-0.1, -0.05) is 48.4 Å². The van der Waals surface area contributed by atoms with Crippen molar-refractivity contribution in [1.29, 1.82) is 0 Å². The summed E-state index contributed by atoms with van der Waals surface area (Å²) in [4.78, 5) is 15.3. The maximum absolute atomic E-state index is 12.9. The van der Waals surface area contributed by atoms with Gasteiger partial charge in [-0.05, 0) is 62.8 Å². The van der Waals surface area contributed by atoms with E-state index in [2.05, 4.69) is 30.9 Å². The lowest BCUT2D eigenvalue weighted by molar-refractivity contribution is -0.145. The molecule has 0 radical (unpaired) electrons. The third-order valence-electron chi connectivity index (χ3n) is 8.80. The number of ether oxygens (including phenoxy) is 1. The number of hydrogen-bond donors (Lipinski definition) is 1. The fourth-order valence-electron chi connectivity index (χ4n) is 6.90. The van der Waals surface area contributed by atoms with Gasteiger partial charge in [0, 0.05) is 32.0 Å². The Hall–Kier alpha value is -1.65. The molecule has 1 N–H and O–H groups in total. The summed E-state index contributed by atoms with van der Waals surface area (Å²) in [6.45, 7) is 7.18. The minimum atomic E-state index is -0.632. The molecule has 0 amide bonds. The van der Waals surface area contributed by atoms with Crippen molar-refractivity contribution in [3.05, 3.63) is 47.0 Å². The highest BCUT2D eigenvalue weighted by Crippen LogP contribution is 2.55. The van der Waals surface area contributed by atoms with E-state index in [1.165, 1.54) is 24.8 Å². The molecule has 4 nitrogen and oxygen atoms in total. The van der Waals surface area contributed by atoms with Crippen molar-refractivity contribution < 1.29 is 14.6 Å². The molecule has 3 fully saturated rings. The molecule has 2 aliphatic carbocycles. The highest BCUT2D eigenvalue weighted by atomic mass is 16.6. The molecule has 0 aromatic heterocycles. The fourth-order valence-corrected chi connectivity index (χ4v) is 6.90. The van der Waals surface area contributed by atoms with Crippen LogP contribution in [0.25, 0.3) is 0 Å². The molecule has 1 saturated carbocycles. The van der Waals surface area contributed by atoms with Crippen molar-refractivity contribution in [3.63, 3.8) is 0 Å². The first kappa shape index (κ1) is 21.2. The molecule has 2 heterocycles. The van der Waals surface area contributed by atoms with E-state index < -0.39 is 5.60 Å². The van der Waals surface area contributed by atoms with E-state index in [4.69, 9.17) is 4.74 Å². The Morgan fingerprint density at radius 2 is 1.90 bits per heavy atom. The van der Waals surface area contributed by atoms with E-state index in [1.807, 2.05) is 18.2 Å². The van der Waals surface area contributed by atoms with Gasteiger partial charge >= 0.3 is 5.97 Å². The number of piperidine rings is 1. The van der Waals surface area contributed by atoms with Gasteiger partial charge in [-0.15, -0.1) is 0 Å². The van der Waals surface area contributed by atoms with Crippen molar-refractivity contribution in [2.24, 2.45) is 17.3 Å². The van der Waals surface area contributed by atoms with E-state index in [9.17, 15) is 9.90 Å². The first-order valence-corrected chi connectivity index (χ1v) is 12.2. The van der Waals surface area contributed by atoms with E-state index in [0.29, 0.717) is 12.3 Å². The lowest BCUT2D eigenvalue weighted by Gasteiger charge is -2.46. The third-order valence-corrected chi connectivity index (χ3v) is 8.80. The van der Waals surface area contributed by atoms with Crippen LogP contribution in [0, 0.1) is 17.3 Å². The SMILES string of the molecule is CC1=C2C[C@H]3[C@H](CN4CCC(O)(Cc5ccccc5)CC4)C(=O)O[C@@H]3C[C@@]2(C)CCC1. The van der Waals surface area contributed by atoms with E-state index >= 15 is 0 Å². The highest BCUT2D eigenvalue weighted by Gasteiger charge is 2.53. The number of carbonyl (C=O) groups excluding carboxylic acids is 1. The molecule has 1 aromatic carbocycles. The number of fused-ring (bicyclic) bond motifs is 2. The summed E-state index contributed by atoms with van der Waals surface area (Å²) >= 11 is 0. The molecule has 2 aliphatic heterocycles. The summed E-state index contributed by atoms with van der Waals surface area (Å²) in [5.41, 5.74) is 3.99. The van der Waals surface area contributed by atoms with Crippen LogP contribution >= 0.6 is 0 Å². The number of hydrogen-bond acceptors (Lipinski definition) is 4. The molecule has 4 atom stereocenters. The third kappa shape index (κ3) is 4.09. The quantitative estimate of drug-likeness (QED) is 0.572. The normalized spacial score (nSPS) is 35.5. The molecule has 0 spiro atoms. The zero-order valence-corrected chi connectivity index (χ0v) is 19.1. The summed E-state index contributed by atoms with van der Waals surface area (Å²) in [7, 11) is 0. The van der Waals surface area contributed by atoms with Gasteiger partial charge < -0.3 is 14.7 Å². The molecular formula is C27H37NO3. The van der Waals surface area contributed by atoms with Gasteiger partial charge in [0.2, 0.25) is 0 Å². The summed E-state index contributed by atoms with van der Waals surface area (Å²) in [6, 6.07) is 10.3. The molecule has 5 rings (SSSR count). The molecule has 31 heavy (non-hydrogen) atoms. The summed E-state index contributed by atoms with van der Waals surface area (Å²) in [6.07, 6.45) is 8.09. The van der Waals surface area contributed by atoms with Gasteiger partial charge in [0.25, 0.3) is 0 Å². The van der Waals surface area contributed by atoms with Crippen molar-refractivity contribution in [2.75, 3.05) is 19.6 Å². The molecule has 0 unspecified atom stereocenters. The zero-order chi connectivity index (χ0) is 21.6. The smallest absolute Gasteiger partial charge is 0.310 e. The molecule has 4 heteroatoms. The number of allylic oxidation sites excluding steroid dienone is 2. The predicted molar refractivity (Wildman–Crippen MR) is 122 cm³/mol. The lowest BCUT2D eigenvalue weighted by atomic mass is 9.59. The van der Waals surface area contributed by atoms with Gasteiger partial charge in [-0.2, -0.15) is 0 Å². The van der Waals surface area contributed by atoms with Gasteiger partial charge in [0.1, 0.15) is 6.10 Å². The second kappa shape index (κ2) is 8.04. The Morgan fingerprint density at radius 1 is 1.16 bits per heavy atom. The molecule has 0 bridgehead atoms. The Morgan fingerprint density at radius 3 is 2.65 bits per heavy atom. The molecular weight excluding hydrogens is 386 g/mol. The number of likely N-dealkylation sites (tertiary alicyclic amines) is 1. The van der Waals surface area contributed by atoms with Gasteiger partial charge in [0.15, 0.2) is 0 Å². The maximum atomic E-state index is 12.9. The Balaban J connectivity index is 1.22. The Bertz CT molecular complexity index is 854. The highest BCUT2D eigenvalue weighted by molar-refractivity contribution is 5.76. The van der Waals surface area contributed by atoms with Crippen molar-refractivity contribution in [1.82, 2.24) is 4.90 Å². The van der Waals surface area contributed by atoms with Crippen LogP contribution in [0.5, 0.6) is 0 Å². The number of benzene rings is 1. The largest absolute Gasteiger partial charge is 0.462 e. The Kier molecular flexibility index (Phi) is 5.50. The van der Waals surface area contributed by atoms with Gasteiger partial charge in [-0.25, -0.2) is 0 Å². The van der Waals surface area contributed by atoms with Crippen LogP contribution in [0.4, 0.5) is 0 Å². The van der Waals surface area contributed by atoms with E-state index in [1.54, 1.807) is 11.1 Å². The molecule has 168 valence electrons. The zero-order valence-electron chi connectivity index (χ0n) is 19.1. The molecule has 4 aliphatic rings. The number of nitrogens with zero attached hydrogens (tertiary/aromatic N) is 1. The number of carbonyl (C=O) groups is 1. The summed E-state index contributed by atoms with van der Waals surface area (Å²) in [5.74, 6) is 0.325. The topological polar surface area (TPSA) is 49.8 Å². The minimum Gasteiger partial charge on any atom is -0.462 e. The van der Waals surface area contributed by atoms with E-state index in [-0.39, 0.29) is 23.4 Å². The van der Waals surface area contributed by atoms with Crippen molar-refractivity contribution in [2.45, 2.75) is 76.9 Å². The summed E-state index contributed by atoms with van der Waals surface area (Å²) < 4.78 is 5.95. The first-order chi connectivity index (χ1) is 14.9. The minimum absolute atomic E-state index is 0.0145. The standard InChI is InChI=1S/C27H37NO3/c1-19-7-6-10-26(2)17-24-21(15-23(19)26)22(25(29)31-24)18-28-13-11-27(30,12-14-28)16-20-8-4-3-5-9-20/h3-5,8-9,21-22,24,30H,6-7,10-18H2,1-2H3/t21-,22-,24+,26+/m0/s1. The summed E-state index contributed by atoms with van der Waals surface area (Å²) in [5, 5.41) is 11.1. The van der Waals surface area contributed by atoms with Crippen LogP contribution in [0.1, 0.15) is 64.4 Å². The second-order valence-corrected chi connectivity index (χ2v) is 11.0. The average molecular weight is 424 g/mol. The van der Waals surface area contributed by atoms with Crippen molar-refractivity contribution in [3.8, 4) is 0 Å². The van der Waals surface area contributed by atoms with Crippen LogP contribution in [-0.2, 0) is 16.0 Å². The molecule has 2 saturated heterocycles. The fraction of sp³-hybridized carbons (Fsp3) is 0.667. The van der Waals surface area contributed by atoms with Crippen LogP contribution in [0.2, 0.25) is 0 Å². The number of esters is 1. The monoisotopic (exact) mass is 423 g/mol. The predicted octanol–water partition coefficient (Wildman–Crippen LogP) is 4.51. The number of aliphatic hydroxyl groups is 1. The van der Waals surface area contributed by atoms with Gasteiger partial charge in [0.05, 0.1) is 11.5 Å². The van der Waals surface area contributed by atoms with Crippen LogP contribution in [0.3, 0.4) is 0 Å². The average Bonchev–Trinajstić information content (AvgIpc) is 3.02. The van der Waals surface area contributed by atoms with Crippen LogP contribution < -0.4 is 0 Å². The van der Waals surface area contributed by atoms with Crippen LogP contribution in [0.15, 0.2) is 41.5 Å². The van der Waals surface area contributed by atoms with Crippen molar-refractivity contribution >= 4 is 5.97 Å². The second-order valence-electron chi connectivity index (χ2n) is 11.0. The van der Waals surface area contributed by atoms with Crippen LogP contribution in [-0.4, -0.2) is 47.3 Å². The molecule has 1 aromatic rings.